The molecule has 0 aliphatic carbocycles. The minimum absolute atomic E-state index is 0.0969. The van der Waals surface area contributed by atoms with E-state index in [0.717, 1.165) is 0 Å². The molecule has 3 unspecified atom stereocenters. The highest BCUT2D eigenvalue weighted by atomic mass is 31.2. The summed E-state index contributed by atoms with van der Waals surface area (Å²) in [5.41, 5.74) is 0. The van der Waals surface area contributed by atoms with Gasteiger partial charge < -0.3 is 19.6 Å². The first-order valence-electron chi connectivity index (χ1n) is 3.92. The molecule has 0 bridgehead atoms. The van der Waals surface area contributed by atoms with Gasteiger partial charge in [0.1, 0.15) is 6.10 Å². The maximum Gasteiger partial charge on any atom is 0.469 e. The number of phosphoric acid groups is 1. The summed E-state index contributed by atoms with van der Waals surface area (Å²) in [5.74, 6) is 0. The lowest BCUT2D eigenvalue weighted by atomic mass is 10.1. The van der Waals surface area contributed by atoms with E-state index in [-0.39, 0.29) is 12.7 Å². The molecule has 1 aliphatic rings. The third kappa shape index (κ3) is 3.72. The van der Waals surface area contributed by atoms with Crippen LogP contribution in [0.15, 0.2) is 0 Å². The Morgan fingerprint density at radius 3 is 2.62 bits per heavy atom. The first-order chi connectivity index (χ1) is 5.88. The third-order valence-corrected chi connectivity index (χ3v) is 2.30. The minimum atomic E-state index is -4.46. The highest BCUT2D eigenvalue weighted by Gasteiger charge is 2.33. The summed E-state index contributed by atoms with van der Waals surface area (Å²) in [5, 5.41) is 9.30. The number of hydrogen-bond donors (Lipinski definition) is 3. The molecule has 7 heteroatoms. The predicted octanol–water partition coefficient (Wildman–Crippen LogP) is -0.366. The lowest BCUT2D eigenvalue weighted by Gasteiger charge is -2.14. The largest absolute Gasteiger partial charge is 0.469 e. The van der Waals surface area contributed by atoms with E-state index >= 15 is 0 Å². The van der Waals surface area contributed by atoms with Gasteiger partial charge in [-0.15, -0.1) is 0 Å². The zero-order valence-corrected chi connectivity index (χ0v) is 8.05. The minimum Gasteiger partial charge on any atom is -0.390 e. The summed E-state index contributed by atoms with van der Waals surface area (Å²) in [6.45, 7) is 1.50. The Labute approximate surface area is 75.7 Å². The molecule has 0 aromatic rings. The summed E-state index contributed by atoms with van der Waals surface area (Å²) in [7, 11) is -4.46. The fourth-order valence-electron chi connectivity index (χ4n) is 1.26. The lowest BCUT2D eigenvalue weighted by Crippen LogP contribution is -2.25. The highest BCUT2D eigenvalue weighted by molar-refractivity contribution is 7.46. The highest BCUT2D eigenvalue weighted by Crippen LogP contribution is 2.37. The van der Waals surface area contributed by atoms with E-state index in [1.54, 1.807) is 6.92 Å². The Bertz CT molecular complexity index is 213. The van der Waals surface area contributed by atoms with Crippen LogP contribution in [0.2, 0.25) is 0 Å². The lowest BCUT2D eigenvalue weighted by molar-refractivity contribution is -0.0168. The zero-order chi connectivity index (χ0) is 10.1. The molecular weight excluding hydrogens is 199 g/mol. The van der Waals surface area contributed by atoms with E-state index < -0.39 is 20.0 Å². The molecule has 6 nitrogen and oxygen atoms in total. The second-order valence-electron chi connectivity index (χ2n) is 3.07. The number of phosphoric ester groups is 1. The topological polar surface area (TPSA) is 96.2 Å². The standard InChI is InChI=1S/C6H13O6P/c1-4-2-5(7)6(12-4)3-11-13(8,9)10/h4-7H,2-3H2,1H3,(H2,8,9,10). The Morgan fingerprint density at radius 1 is 1.62 bits per heavy atom. The van der Waals surface area contributed by atoms with Crippen LogP contribution in [0.3, 0.4) is 0 Å². The van der Waals surface area contributed by atoms with Gasteiger partial charge in [-0.25, -0.2) is 4.57 Å². The van der Waals surface area contributed by atoms with Gasteiger partial charge in [0.2, 0.25) is 0 Å². The Hall–Kier alpha value is 0.0300. The van der Waals surface area contributed by atoms with Crippen LogP contribution in [0.5, 0.6) is 0 Å². The normalized spacial score (nSPS) is 35.2. The number of aliphatic hydroxyl groups excluding tert-OH is 1. The van der Waals surface area contributed by atoms with Crippen molar-refractivity contribution < 1.29 is 28.7 Å². The molecule has 3 N–H and O–H groups in total. The first kappa shape index (κ1) is 11.1. The van der Waals surface area contributed by atoms with E-state index in [2.05, 4.69) is 4.52 Å². The van der Waals surface area contributed by atoms with Crippen LogP contribution in [0.25, 0.3) is 0 Å². The van der Waals surface area contributed by atoms with Crippen LogP contribution >= 0.6 is 7.82 Å². The van der Waals surface area contributed by atoms with Crippen molar-refractivity contribution in [1.29, 1.82) is 0 Å². The smallest absolute Gasteiger partial charge is 0.390 e. The van der Waals surface area contributed by atoms with Crippen LogP contribution in [0.1, 0.15) is 13.3 Å². The molecule has 3 atom stereocenters. The van der Waals surface area contributed by atoms with Crippen molar-refractivity contribution >= 4 is 7.82 Å². The van der Waals surface area contributed by atoms with Gasteiger partial charge in [-0.3, -0.25) is 4.52 Å². The molecule has 1 aliphatic heterocycles. The van der Waals surface area contributed by atoms with Gasteiger partial charge in [0.25, 0.3) is 0 Å². The van der Waals surface area contributed by atoms with Crippen molar-refractivity contribution in [3.05, 3.63) is 0 Å². The van der Waals surface area contributed by atoms with Gasteiger partial charge in [-0.1, -0.05) is 0 Å². The molecule has 0 saturated carbocycles. The Morgan fingerprint density at radius 2 is 2.23 bits per heavy atom. The van der Waals surface area contributed by atoms with Crippen LogP contribution in [-0.2, 0) is 13.8 Å². The average molecular weight is 212 g/mol. The van der Waals surface area contributed by atoms with Gasteiger partial charge in [0.05, 0.1) is 18.8 Å². The molecule has 1 heterocycles. The maximum atomic E-state index is 10.3. The molecule has 13 heavy (non-hydrogen) atoms. The number of rotatable bonds is 3. The van der Waals surface area contributed by atoms with Gasteiger partial charge in [-0.2, -0.15) is 0 Å². The summed E-state index contributed by atoms with van der Waals surface area (Å²) in [4.78, 5) is 16.8. The average Bonchev–Trinajstić information content (AvgIpc) is 2.24. The van der Waals surface area contributed by atoms with Crippen LogP contribution in [0.4, 0.5) is 0 Å². The van der Waals surface area contributed by atoms with E-state index in [1.165, 1.54) is 0 Å². The van der Waals surface area contributed by atoms with Crippen molar-refractivity contribution in [2.24, 2.45) is 0 Å². The van der Waals surface area contributed by atoms with E-state index in [4.69, 9.17) is 14.5 Å². The number of ether oxygens (including phenoxy) is 1. The Kier molecular flexibility index (Phi) is 3.45. The molecule has 0 aromatic carbocycles. The van der Waals surface area contributed by atoms with Gasteiger partial charge >= 0.3 is 7.82 Å². The van der Waals surface area contributed by atoms with Crippen molar-refractivity contribution in [2.75, 3.05) is 6.61 Å². The molecule has 0 amide bonds. The Balaban J connectivity index is 2.34. The van der Waals surface area contributed by atoms with Gasteiger partial charge in [0.15, 0.2) is 0 Å². The summed E-state index contributed by atoms with van der Waals surface area (Å²) >= 11 is 0. The van der Waals surface area contributed by atoms with Crippen LogP contribution in [-0.4, -0.2) is 39.8 Å². The predicted molar refractivity (Wildman–Crippen MR) is 43.0 cm³/mol. The van der Waals surface area contributed by atoms with E-state index in [0.29, 0.717) is 6.42 Å². The van der Waals surface area contributed by atoms with E-state index in [1.807, 2.05) is 0 Å². The van der Waals surface area contributed by atoms with E-state index in [9.17, 15) is 9.67 Å². The second-order valence-corrected chi connectivity index (χ2v) is 4.31. The molecule has 1 saturated heterocycles. The SMILES string of the molecule is CC1CC(O)C(COP(=O)(O)O)O1. The molecule has 78 valence electrons. The second kappa shape index (κ2) is 4.04. The quantitative estimate of drug-likeness (QED) is 0.552. The molecule has 0 radical (unpaired) electrons. The number of hydrogen-bond acceptors (Lipinski definition) is 4. The summed E-state index contributed by atoms with van der Waals surface area (Å²) < 4.78 is 19.7. The van der Waals surface area contributed by atoms with Crippen molar-refractivity contribution in [1.82, 2.24) is 0 Å². The maximum absolute atomic E-state index is 10.3. The van der Waals surface area contributed by atoms with Crippen LogP contribution < -0.4 is 0 Å². The van der Waals surface area contributed by atoms with Crippen LogP contribution in [0, 0.1) is 0 Å². The van der Waals surface area contributed by atoms with Crippen molar-refractivity contribution in [2.45, 2.75) is 31.7 Å². The third-order valence-electron chi connectivity index (χ3n) is 1.82. The molecule has 1 fully saturated rings. The summed E-state index contributed by atoms with van der Waals surface area (Å²) in [6.07, 6.45) is -0.973. The molecule has 0 aromatic heterocycles. The van der Waals surface area contributed by atoms with Crippen molar-refractivity contribution in [3.8, 4) is 0 Å². The summed E-state index contributed by atoms with van der Waals surface area (Å²) in [6, 6.07) is 0. The molecule has 0 spiro atoms. The first-order valence-corrected chi connectivity index (χ1v) is 5.45. The van der Waals surface area contributed by atoms with Gasteiger partial charge in [-0.05, 0) is 6.92 Å². The zero-order valence-electron chi connectivity index (χ0n) is 7.16. The molecule has 1 rings (SSSR count). The number of aliphatic hydroxyl groups is 1. The molecular formula is C6H13O6P. The fourth-order valence-corrected chi connectivity index (χ4v) is 1.60. The van der Waals surface area contributed by atoms with Gasteiger partial charge in [0, 0.05) is 6.42 Å². The monoisotopic (exact) mass is 212 g/mol. The fraction of sp³-hybridized carbons (Fsp3) is 1.00. The van der Waals surface area contributed by atoms with Crippen molar-refractivity contribution in [3.63, 3.8) is 0 Å².